The molecule has 0 aromatic rings. The summed E-state index contributed by atoms with van der Waals surface area (Å²) in [7, 11) is 0. The van der Waals surface area contributed by atoms with Crippen LogP contribution >= 0.6 is 0 Å². The van der Waals surface area contributed by atoms with Gasteiger partial charge in [-0.25, -0.2) is 0 Å². The zero-order valence-corrected chi connectivity index (χ0v) is 9.94. The summed E-state index contributed by atoms with van der Waals surface area (Å²) in [5, 5.41) is 0. The highest BCUT2D eigenvalue weighted by Gasteiger charge is 2.00. The van der Waals surface area contributed by atoms with Crippen molar-refractivity contribution in [2.75, 3.05) is 0 Å². The Morgan fingerprint density at radius 3 is 1.69 bits per heavy atom. The molecule has 0 nitrogen and oxygen atoms in total. The Morgan fingerprint density at radius 2 is 1.15 bits per heavy atom. The van der Waals surface area contributed by atoms with Gasteiger partial charge in [0.25, 0.3) is 0 Å². The van der Waals surface area contributed by atoms with Gasteiger partial charge in [-0.1, -0.05) is 78.6 Å². The third-order valence-electron chi connectivity index (χ3n) is 2.85. The number of hydrogen-bond acceptors (Lipinski definition) is 0. The molecule has 80 valence electrons. The maximum Gasteiger partial charge on any atom is -0.0443 e. The first-order valence-electron chi connectivity index (χ1n) is 6.31. The molecule has 0 aliphatic heterocycles. The van der Waals surface area contributed by atoms with Crippen LogP contribution < -0.4 is 0 Å². The van der Waals surface area contributed by atoms with E-state index in [0.717, 1.165) is 5.92 Å². The van der Waals surface area contributed by atoms with E-state index in [-0.39, 0.29) is 0 Å². The minimum Gasteiger partial charge on any atom is -0.0654 e. The zero-order valence-electron chi connectivity index (χ0n) is 9.94. The predicted molar refractivity (Wildman–Crippen MR) is 62.1 cm³/mol. The Balaban J connectivity index is 3.05. The summed E-state index contributed by atoms with van der Waals surface area (Å²) in [5.41, 5.74) is 0. The summed E-state index contributed by atoms with van der Waals surface area (Å²) in [6.45, 7) is 6.98. The smallest absolute Gasteiger partial charge is 0.0443 e. The lowest BCUT2D eigenvalue weighted by Gasteiger charge is -2.10. The second kappa shape index (κ2) is 10.1. The van der Waals surface area contributed by atoms with Gasteiger partial charge in [0.15, 0.2) is 0 Å². The van der Waals surface area contributed by atoms with Gasteiger partial charge in [-0.2, -0.15) is 0 Å². The molecular weight excluding hydrogens is 156 g/mol. The highest BCUT2D eigenvalue weighted by molar-refractivity contribution is 4.54. The van der Waals surface area contributed by atoms with Crippen LogP contribution in [0, 0.1) is 5.92 Å². The lowest BCUT2D eigenvalue weighted by molar-refractivity contribution is 0.439. The third kappa shape index (κ3) is 9.92. The van der Waals surface area contributed by atoms with Gasteiger partial charge in [-0.15, -0.1) is 0 Å². The molecule has 0 unspecified atom stereocenters. The van der Waals surface area contributed by atoms with E-state index in [4.69, 9.17) is 0 Å². The molecule has 0 aromatic heterocycles. The molecule has 0 bridgehead atoms. The molecule has 0 radical (unpaired) electrons. The van der Waals surface area contributed by atoms with Gasteiger partial charge in [0.2, 0.25) is 0 Å². The van der Waals surface area contributed by atoms with E-state index in [0.29, 0.717) is 0 Å². The van der Waals surface area contributed by atoms with Crippen LogP contribution in [0.2, 0.25) is 0 Å². The van der Waals surface area contributed by atoms with Crippen molar-refractivity contribution in [2.45, 2.75) is 78.6 Å². The molecule has 0 spiro atoms. The van der Waals surface area contributed by atoms with Crippen LogP contribution in [0.15, 0.2) is 0 Å². The van der Waals surface area contributed by atoms with Crippen molar-refractivity contribution in [3.63, 3.8) is 0 Å². The van der Waals surface area contributed by atoms with E-state index >= 15 is 0 Å². The normalized spacial score (nSPS) is 13.2. The Kier molecular flexibility index (Phi) is 10.1. The largest absolute Gasteiger partial charge is 0.0654 e. The number of rotatable bonds is 9. The van der Waals surface area contributed by atoms with Crippen molar-refractivity contribution in [3.05, 3.63) is 0 Å². The molecule has 0 saturated carbocycles. The van der Waals surface area contributed by atoms with Crippen LogP contribution in [-0.2, 0) is 0 Å². The molecule has 0 saturated heterocycles. The molecular formula is C13H28. The molecule has 0 amide bonds. The fraction of sp³-hybridized carbons (Fsp3) is 1.00. The van der Waals surface area contributed by atoms with Crippen LogP contribution in [0.1, 0.15) is 78.6 Å². The van der Waals surface area contributed by atoms with Crippen molar-refractivity contribution < 1.29 is 0 Å². The summed E-state index contributed by atoms with van der Waals surface area (Å²) in [5.74, 6) is 0.975. The average Bonchev–Trinajstić information content (AvgIpc) is 2.13. The Bertz CT molecular complexity index is 86.0. The predicted octanol–water partition coefficient (Wildman–Crippen LogP) is 5.17. The molecule has 0 rings (SSSR count). The van der Waals surface area contributed by atoms with Crippen molar-refractivity contribution >= 4 is 0 Å². The van der Waals surface area contributed by atoms with E-state index in [9.17, 15) is 0 Å². The first kappa shape index (κ1) is 13.0. The van der Waals surface area contributed by atoms with Crippen molar-refractivity contribution in [1.29, 1.82) is 0 Å². The van der Waals surface area contributed by atoms with Crippen LogP contribution in [0.5, 0.6) is 0 Å². The maximum absolute atomic E-state index is 2.42. The van der Waals surface area contributed by atoms with E-state index in [1.807, 2.05) is 0 Å². The summed E-state index contributed by atoms with van der Waals surface area (Å²) in [6, 6.07) is 0. The molecule has 0 N–H and O–H groups in total. The highest BCUT2D eigenvalue weighted by Crippen LogP contribution is 2.16. The highest BCUT2D eigenvalue weighted by atomic mass is 14.1. The third-order valence-corrected chi connectivity index (χ3v) is 2.85. The van der Waals surface area contributed by atoms with Crippen molar-refractivity contribution in [1.82, 2.24) is 0 Å². The first-order valence-corrected chi connectivity index (χ1v) is 6.31. The molecule has 0 aromatic carbocycles. The fourth-order valence-electron chi connectivity index (χ4n) is 1.81. The Hall–Kier alpha value is 0. The minimum absolute atomic E-state index is 0.975. The van der Waals surface area contributed by atoms with E-state index < -0.39 is 0 Å². The van der Waals surface area contributed by atoms with Gasteiger partial charge in [0, 0.05) is 0 Å². The topological polar surface area (TPSA) is 0 Å². The molecule has 0 aliphatic carbocycles. The van der Waals surface area contributed by atoms with E-state index in [2.05, 4.69) is 20.8 Å². The van der Waals surface area contributed by atoms with Crippen LogP contribution in [0.25, 0.3) is 0 Å². The maximum atomic E-state index is 2.42. The summed E-state index contributed by atoms with van der Waals surface area (Å²) in [6.07, 6.45) is 12.9. The molecule has 0 aliphatic rings. The summed E-state index contributed by atoms with van der Waals surface area (Å²) >= 11 is 0. The molecule has 13 heavy (non-hydrogen) atoms. The van der Waals surface area contributed by atoms with Gasteiger partial charge in [-0.3, -0.25) is 0 Å². The molecule has 0 heteroatoms. The quantitative estimate of drug-likeness (QED) is 0.433. The SMILES string of the molecule is CCCCCC[C@H](C)CCCCC. The second-order valence-electron chi connectivity index (χ2n) is 4.45. The van der Waals surface area contributed by atoms with Crippen LogP contribution in [0.3, 0.4) is 0 Å². The minimum atomic E-state index is 0.975. The van der Waals surface area contributed by atoms with Gasteiger partial charge < -0.3 is 0 Å². The van der Waals surface area contributed by atoms with Crippen molar-refractivity contribution in [2.24, 2.45) is 5.92 Å². The standard InChI is InChI=1S/C13H28/c1-4-6-8-10-12-13(3)11-9-7-5-2/h13H,4-12H2,1-3H3/t13-/m1/s1. The van der Waals surface area contributed by atoms with Crippen LogP contribution in [-0.4, -0.2) is 0 Å². The Labute approximate surface area is 85.1 Å². The molecule has 0 heterocycles. The number of hydrogen-bond donors (Lipinski definition) is 0. The van der Waals surface area contributed by atoms with Gasteiger partial charge in [0.05, 0.1) is 0 Å². The zero-order chi connectivity index (χ0) is 9.94. The monoisotopic (exact) mass is 184 g/mol. The lowest BCUT2D eigenvalue weighted by Crippen LogP contribution is -1.94. The second-order valence-corrected chi connectivity index (χ2v) is 4.45. The van der Waals surface area contributed by atoms with Crippen molar-refractivity contribution in [3.8, 4) is 0 Å². The van der Waals surface area contributed by atoms with Gasteiger partial charge in [-0.05, 0) is 5.92 Å². The summed E-state index contributed by atoms with van der Waals surface area (Å²) in [4.78, 5) is 0. The molecule has 1 atom stereocenters. The van der Waals surface area contributed by atoms with Crippen LogP contribution in [0.4, 0.5) is 0 Å². The Morgan fingerprint density at radius 1 is 0.692 bits per heavy atom. The van der Waals surface area contributed by atoms with Gasteiger partial charge >= 0.3 is 0 Å². The summed E-state index contributed by atoms with van der Waals surface area (Å²) < 4.78 is 0. The van der Waals surface area contributed by atoms with E-state index in [1.165, 1.54) is 57.8 Å². The first-order chi connectivity index (χ1) is 6.31. The molecule has 0 fully saturated rings. The fourth-order valence-corrected chi connectivity index (χ4v) is 1.81. The number of unbranched alkanes of at least 4 members (excludes halogenated alkanes) is 5. The average molecular weight is 184 g/mol. The van der Waals surface area contributed by atoms with E-state index in [1.54, 1.807) is 0 Å². The lowest BCUT2D eigenvalue weighted by atomic mass is 9.97. The van der Waals surface area contributed by atoms with Gasteiger partial charge in [0.1, 0.15) is 0 Å².